The van der Waals surface area contributed by atoms with E-state index in [9.17, 15) is 5.11 Å². The summed E-state index contributed by atoms with van der Waals surface area (Å²) in [5.74, 6) is 1.04. The molecule has 1 saturated heterocycles. The Morgan fingerprint density at radius 1 is 1.11 bits per heavy atom. The molecule has 2 heterocycles. The summed E-state index contributed by atoms with van der Waals surface area (Å²) in [5.41, 5.74) is 6.15. The van der Waals surface area contributed by atoms with Gasteiger partial charge in [0.2, 0.25) is 0 Å². The number of hydrogen-bond donors (Lipinski definition) is 2. The Bertz CT molecular complexity index is 1100. The van der Waals surface area contributed by atoms with Crippen molar-refractivity contribution in [3.8, 4) is 28.2 Å². The summed E-state index contributed by atoms with van der Waals surface area (Å²) in [7, 11) is 0. The van der Waals surface area contributed by atoms with Gasteiger partial charge in [0.1, 0.15) is 11.4 Å². The van der Waals surface area contributed by atoms with Gasteiger partial charge in [-0.05, 0) is 41.7 Å². The quantitative estimate of drug-likeness (QED) is 0.398. The number of hydrogen-bond acceptors (Lipinski definition) is 6. The number of morpholine rings is 1. The number of phenols is 1. The summed E-state index contributed by atoms with van der Waals surface area (Å²) in [4.78, 5) is 2.40. The van der Waals surface area contributed by atoms with Crippen molar-refractivity contribution in [3.63, 3.8) is 0 Å². The molecule has 0 aliphatic carbocycles. The first kappa shape index (κ1) is 26.5. The van der Waals surface area contributed by atoms with Crippen molar-refractivity contribution in [3.05, 3.63) is 65.9 Å². The Hall–Kier alpha value is -3.09. The van der Waals surface area contributed by atoms with Crippen molar-refractivity contribution >= 4 is 5.70 Å². The summed E-state index contributed by atoms with van der Waals surface area (Å²) in [5, 5.41) is 18.3. The van der Waals surface area contributed by atoms with Gasteiger partial charge in [0, 0.05) is 26.2 Å². The third kappa shape index (κ3) is 6.32. The summed E-state index contributed by atoms with van der Waals surface area (Å²) in [6.45, 7) is 19.5. The Balaban J connectivity index is 0.00000167. The molecule has 6 nitrogen and oxygen atoms in total. The smallest absolute Gasteiger partial charge is 0.179 e. The second-order valence-electron chi connectivity index (χ2n) is 8.76. The minimum atomic E-state index is 0.168. The average molecular weight is 478 g/mol. The van der Waals surface area contributed by atoms with Crippen LogP contribution >= 0.6 is 0 Å². The number of nitrogens with zero attached hydrogens (tertiary/aromatic N) is 2. The molecular weight excluding hydrogens is 438 g/mol. The van der Waals surface area contributed by atoms with E-state index >= 15 is 0 Å². The molecule has 35 heavy (non-hydrogen) atoms. The van der Waals surface area contributed by atoms with Gasteiger partial charge in [-0.2, -0.15) is 0 Å². The van der Waals surface area contributed by atoms with Crippen LogP contribution in [0.3, 0.4) is 0 Å². The molecule has 6 heteroatoms. The third-order valence-corrected chi connectivity index (χ3v) is 6.05. The summed E-state index contributed by atoms with van der Waals surface area (Å²) in [6.07, 6.45) is 0. The number of aromatic nitrogens is 1. The van der Waals surface area contributed by atoms with E-state index in [0.717, 1.165) is 56.1 Å². The van der Waals surface area contributed by atoms with Crippen molar-refractivity contribution in [1.82, 2.24) is 15.4 Å². The van der Waals surface area contributed by atoms with E-state index in [1.165, 1.54) is 5.56 Å². The maximum atomic E-state index is 10.7. The van der Waals surface area contributed by atoms with Crippen LogP contribution in [0.4, 0.5) is 0 Å². The molecule has 1 aliphatic heterocycles. The number of ether oxygens (including phenoxy) is 1. The van der Waals surface area contributed by atoms with Crippen LogP contribution in [-0.2, 0) is 11.3 Å². The first-order valence-electron chi connectivity index (χ1n) is 12.6. The van der Waals surface area contributed by atoms with Gasteiger partial charge >= 0.3 is 0 Å². The zero-order valence-corrected chi connectivity index (χ0v) is 21.7. The van der Waals surface area contributed by atoms with Gasteiger partial charge in [0.05, 0.1) is 30.0 Å². The molecule has 0 unspecified atom stereocenters. The highest BCUT2D eigenvalue weighted by Gasteiger charge is 2.24. The molecule has 0 atom stereocenters. The SMILES string of the molecule is C=C(NCC)c1noc(-c2cc(C(C)C)ccc2O)c1-c1ccc(CN2CCOCC2)cc1.CC. The van der Waals surface area contributed by atoms with Crippen molar-refractivity contribution in [1.29, 1.82) is 0 Å². The monoisotopic (exact) mass is 477 g/mol. The largest absolute Gasteiger partial charge is 0.507 e. The Morgan fingerprint density at radius 3 is 2.43 bits per heavy atom. The van der Waals surface area contributed by atoms with Crippen molar-refractivity contribution < 1.29 is 14.4 Å². The van der Waals surface area contributed by atoms with Crippen LogP contribution in [0.25, 0.3) is 28.1 Å². The van der Waals surface area contributed by atoms with E-state index in [1.54, 1.807) is 6.07 Å². The van der Waals surface area contributed by atoms with Gasteiger partial charge in [-0.25, -0.2) is 0 Å². The molecule has 0 radical (unpaired) electrons. The van der Waals surface area contributed by atoms with Gasteiger partial charge in [0.25, 0.3) is 0 Å². The van der Waals surface area contributed by atoms with Crippen LogP contribution in [0.2, 0.25) is 0 Å². The molecule has 0 amide bonds. The minimum absolute atomic E-state index is 0.168. The standard InChI is InChI=1S/C27H33N3O3.C2H6/c1-5-28-19(4)26-25(21-8-6-20(7-9-21)17-30-12-14-32-15-13-30)27(33-29-26)23-16-22(18(2)3)10-11-24(23)31;1-2/h6-11,16,18,28,31H,4-5,12-15,17H2,1-3H3;1-2H3. The Morgan fingerprint density at radius 2 is 1.80 bits per heavy atom. The fourth-order valence-electron chi connectivity index (χ4n) is 4.13. The second kappa shape index (κ2) is 12.6. The molecule has 4 rings (SSSR count). The average Bonchev–Trinajstić information content (AvgIpc) is 3.32. The summed E-state index contributed by atoms with van der Waals surface area (Å²) >= 11 is 0. The fraction of sp³-hybridized carbons (Fsp3) is 0.414. The molecule has 0 saturated carbocycles. The first-order valence-corrected chi connectivity index (χ1v) is 12.6. The highest BCUT2D eigenvalue weighted by atomic mass is 16.5. The van der Waals surface area contributed by atoms with Gasteiger partial charge < -0.3 is 19.7 Å². The lowest BCUT2D eigenvalue weighted by Crippen LogP contribution is -2.35. The molecule has 2 aromatic carbocycles. The fourth-order valence-corrected chi connectivity index (χ4v) is 4.13. The Labute approximate surface area is 209 Å². The lowest BCUT2D eigenvalue weighted by molar-refractivity contribution is 0.0342. The van der Waals surface area contributed by atoms with Gasteiger partial charge in [0.15, 0.2) is 5.76 Å². The van der Waals surface area contributed by atoms with Crippen LogP contribution in [0.5, 0.6) is 5.75 Å². The lowest BCUT2D eigenvalue weighted by atomic mass is 9.94. The number of nitrogens with one attached hydrogen (secondary N) is 1. The highest BCUT2D eigenvalue weighted by Crippen LogP contribution is 2.41. The van der Waals surface area contributed by atoms with Crippen molar-refractivity contribution in [2.24, 2.45) is 0 Å². The van der Waals surface area contributed by atoms with E-state index in [0.29, 0.717) is 28.6 Å². The number of rotatable bonds is 8. The van der Waals surface area contributed by atoms with E-state index in [4.69, 9.17) is 9.26 Å². The third-order valence-electron chi connectivity index (χ3n) is 6.05. The van der Waals surface area contributed by atoms with E-state index < -0.39 is 0 Å². The molecule has 0 bridgehead atoms. The molecule has 1 aliphatic rings. The maximum absolute atomic E-state index is 10.7. The van der Waals surface area contributed by atoms with Crippen LogP contribution in [0.1, 0.15) is 57.4 Å². The van der Waals surface area contributed by atoms with E-state index in [1.807, 2.05) is 32.9 Å². The maximum Gasteiger partial charge on any atom is 0.179 e. The molecule has 0 spiro atoms. The number of phenolic OH excluding ortho intramolecular Hbond substituents is 1. The highest BCUT2D eigenvalue weighted by molar-refractivity contribution is 5.89. The lowest BCUT2D eigenvalue weighted by Gasteiger charge is -2.26. The van der Waals surface area contributed by atoms with E-state index in [-0.39, 0.29) is 5.75 Å². The molecule has 188 valence electrons. The zero-order chi connectivity index (χ0) is 25.4. The number of aromatic hydroxyl groups is 1. The minimum Gasteiger partial charge on any atom is -0.507 e. The van der Waals surface area contributed by atoms with Crippen LogP contribution < -0.4 is 5.32 Å². The van der Waals surface area contributed by atoms with E-state index in [2.05, 4.69) is 60.1 Å². The summed E-state index contributed by atoms with van der Waals surface area (Å²) < 4.78 is 11.3. The van der Waals surface area contributed by atoms with Crippen LogP contribution in [-0.4, -0.2) is 48.0 Å². The van der Waals surface area contributed by atoms with Crippen LogP contribution in [0.15, 0.2) is 53.6 Å². The molecule has 1 aromatic heterocycles. The molecule has 1 fully saturated rings. The second-order valence-corrected chi connectivity index (χ2v) is 8.76. The predicted octanol–water partition coefficient (Wildman–Crippen LogP) is 6.28. The first-order chi connectivity index (χ1) is 17.0. The van der Waals surface area contributed by atoms with Gasteiger partial charge in [-0.1, -0.05) is 69.8 Å². The molecule has 2 N–H and O–H groups in total. The topological polar surface area (TPSA) is 70.8 Å². The molecule has 3 aromatic rings. The van der Waals surface area contributed by atoms with Gasteiger partial charge in [-0.3, -0.25) is 4.90 Å². The number of benzene rings is 2. The van der Waals surface area contributed by atoms with Crippen LogP contribution in [0, 0.1) is 0 Å². The van der Waals surface area contributed by atoms with Crippen molar-refractivity contribution in [2.45, 2.75) is 47.1 Å². The zero-order valence-electron chi connectivity index (χ0n) is 21.7. The summed E-state index contributed by atoms with van der Waals surface area (Å²) in [6, 6.07) is 14.1. The molecular formula is C29H39N3O3. The Kier molecular flexibility index (Phi) is 9.52. The normalized spacial score (nSPS) is 13.9. The predicted molar refractivity (Wildman–Crippen MR) is 143 cm³/mol. The van der Waals surface area contributed by atoms with Gasteiger partial charge in [-0.15, -0.1) is 0 Å². The van der Waals surface area contributed by atoms with Crippen molar-refractivity contribution in [2.75, 3.05) is 32.8 Å².